The van der Waals surface area contributed by atoms with E-state index >= 15 is 0 Å². The van der Waals surface area contributed by atoms with Crippen LogP contribution in [0.25, 0.3) is 5.69 Å². The number of piperidine rings is 1. The maximum Gasteiger partial charge on any atom is 0.416 e. The van der Waals surface area contributed by atoms with Crippen molar-refractivity contribution >= 4 is 17.3 Å². The quantitative estimate of drug-likeness (QED) is 0.878. The first-order chi connectivity index (χ1) is 12.3. The number of nitrogens with zero attached hydrogens (tertiary/aromatic N) is 3. The second kappa shape index (κ2) is 7.28. The second-order valence-electron chi connectivity index (χ2n) is 6.36. The molecule has 0 bridgehead atoms. The first-order valence-corrected chi connectivity index (χ1v) is 8.54. The lowest BCUT2D eigenvalue weighted by atomic mass is 10.1. The Labute approximate surface area is 153 Å². The molecule has 1 aliphatic heterocycles. The zero-order chi connectivity index (χ0) is 18.9. The first kappa shape index (κ1) is 18.7. The molecule has 3 rings (SSSR count). The number of halogens is 4. The van der Waals surface area contributed by atoms with Crippen LogP contribution in [0.1, 0.15) is 18.4 Å². The summed E-state index contributed by atoms with van der Waals surface area (Å²) >= 11 is 6.16. The lowest BCUT2D eigenvalue weighted by molar-refractivity contribution is -0.137. The van der Waals surface area contributed by atoms with Crippen LogP contribution in [0.2, 0.25) is 5.02 Å². The number of alkyl halides is 3. The third-order valence-electron chi connectivity index (χ3n) is 4.42. The van der Waals surface area contributed by atoms with Gasteiger partial charge in [-0.1, -0.05) is 17.7 Å². The fraction of sp³-hybridized carbons (Fsp3) is 0.412. The normalized spacial score (nSPS) is 16.7. The fourth-order valence-electron chi connectivity index (χ4n) is 2.90. The van der Waals surface area contributed by atoms with Crippen LogP contribution in [0.5, 0.6) is 0 Å². The third-order valence-corrected chi connectivity index (χ3v) is 4.78. The highest BCUT2D eigenvalue weighted by molar-refractivity contribution is 6.32. The molecule has 9 heteroatoms. The summed E-state index contributed by atoms with van der Waals surface area (Å²) in [5, 5.41) is 7.12. The molecule has 140 valence electrons. The molecule has 2 aromatic rings. The zero-order valence-electron chi connectivity index (χ0n) is 14.1. The Morgan fingerprint density at radius 3 is 2.62 bits per heavy atom. The smallest absolute Gasteiger partial charge is 0.380 e. The molecular weight excluding hydrogens is 369 g/mol. The molecule has 5 nitrogen and oxygen atoms in total. The minimum atomic E-state index is -4.50. The van der Waals surface area contributed by atoms with Gasteiger partial charge in [0.05, 0.1) is 23.1 Å². The Kier molecular flexibility index (Phi) is 5.24. The van der Waals surface area contributed by atoms with Crippen LogP contribution in [-0.4, -0.2) is 40.9 Å². The molecule has 0 spiro atoms. The van der Waals surface area contributed by atoms with Crippen molar-refractivity contribution in [3.63, 3.8) is 0 Å². The molecule has 26 heavy (non-hydrogen) atoms. The van der Waals surface area contributed by atoms with E-state index in [9.17, 15) is 18.0 Å². The summed E-state index contributed by atoms with van der Waals surface area (Å²) in [5.74, 6) is 0. The number of hydrogen-bond acceptors (Lipinski definition) is 4. The van der Waals surface area contributed by atoms with Gasteiger partial charge in [0.25, 0.3) is 5.56 Å². The van der Waals surface area contributed by atoms with Crippen molar-refractivity contribution in [1.29, 1.82) is 0 Å². The van der Waals surface area contributed by atoms with Crippen molar-refractivity contribution < 1.29 is 13.2 Å². The monoisotopic (exact) mass is 386 g/mol. The number of likely N-dealkylation sites (tertiary alicyclic amines) is 1. The van der Waals surface area contributed by atoms with Crippen LogP contribution >= 0.6 is 11.6 Å². The highest BCUT2D eigenvalue weighted by Gasteiger charge is 2.30. The van der Waals surface area contributed by atoms with Crippen LogP contribution in [0.4, 0.5) is 18.9 Å². The van der Waals surface area contributed by atoms with Crippen molar-refractivity contribution in [1.82, 2.24) is 14.7 Å². The molecule has 0 amide bonds. The van der Waals surface area contributed by atoms with Gasteiger partial charge in [-0.05, 0) is 51.2 Å². The molecule has 0 saturated carbocycles. The van der Waals surface area contributed by atoms with Gasteiger partial charge < -0.3 is 10.2 Å². The van der Waals surface area contributed by atoms with Crippen LogP contribution in [0.3, 0.4) is 0 Å². The predicted molar refractivity (Wildman–Crippen MR) is 94.0 cm³/mol. The van der Waals surface area contributed by atoms with Gasteiger partial charge in [-0.3, -0.25) is 4.79 Å². The number of anilines is 1. The van der Waals surface area contributed by atoms with E-state index in [1.807, 2.05) is 7.05 Å². The molecule has 1 aromatic carbocycles. The molecule has 1 fully saturated rings. The predicted octanol–water partition coefficient (Wildman–Crippen LogP) is 3.41. The Balaban J connectivity index is 1.87. The van der Waals surface area contributed by atoms with E-state index < -0.39 is 17.3 Å². The Hall–Kier alpha value is -2.06. The van der Waals surface area contributed by atoms with Gasteiger partial charge in [0.1, 0.15) is 5.02 Å². The molecule has 1 aromatic heterocycles. The summed E-state index contributed by atoms with van der Waals surface area (Å²) in [7, 11) is 2.04. The summed E-state index contributed by atoms with van der Waals surface area (Å²) in [6.45, 7) is 1.87. The number of hydrogen-bond donors (Lipinski definition) is 1. The fourth-order valence-corrected chi connectivity index (χ4v) is 3.09. The second-order valence-corrected chi connectivity index (χ2v) is 6.74. The SMILES string of the molecule is CN1CCC(Nc2cnn(-c3cccc(C(F)(F)F)c3)c(=O)c2Cl)CC1. The summed E-state index contributed by atoms with van der Waals surface area (Å²) in [6.07, 6.45) is -1.31. The molecule has 0 unspecified atom stereocenters. The van der Waals surface area contributed by atoms with Gasteiger partial charge in [-0.2, -0.15) is 23.0 Å². The summed E-state index contributed by atoms with van der Waals surface area (Å²) < 4.78 is 39.5. The van der Waals surface area contributed by atoms with E-state index in [0.717, 1.165) is 42.7 Å². The molecule has 1 saturated heterocycles. The van der Waals surface area contributed by atoms with Gasteiger partial charge in [0.15, 0.2) is 0 Å². The number of aromatic nitrogens is 2. The summed E-state index contributed by atoms with van der Waals surface area (Å²) in [4.78, 5) is 14.7. The molecular formula is C17H18ClF3N4O. The van der Waals surface area contributed by atoms with Crippen LogP contribution in [-0.2, 0) is 6.18 Å². The van der Waals surface area contributed by atoms with Gasteiger partial charge in [-0.25, -0.2) is 0 Å². The van der Waals surface area contributed by atoms with E-state index in [1.54, 1.807) is 0 Å². The number of nitrogens with one attached hydrogen (secondary N) is 1. The van der Waals surface area contributed by atoms with Crippen molar-refractivity contribution in [2.75, 3.05) is 25.5 Å². The van der Waals surface area contributed by atoms with E-state index in [0.29, 0.717) is 5.69 Å². The third kappa shape index (κ3) is 4.02. The lowest BCUT2D eigenvalue weighted by Gasteiger charge is -2.30. The standard InChI is InChI=1S/C17H18ClF3N4O/c1-24-7-5-12(6-8-24)23-14-10-22-25(16(26)15(14)18)13-4-2-3-11(9-13)17(19,20)21/h2-4,9-10,12,23H,5-8H2,1H3. The average molecular weight is 387 g/mol. The van der Waals surface area contributed by atoms with Crippen molar-refractivity contribution in [2.24, 2.45) is 0 Å². The molecule has 0 atom stereocenters. The molecule has 0 aliphatic carbocycles. The van der Waals surface area contributed by atoms with Crippen LogP contribution in [0.15, 0.2) is 35.3 Å². The first-order valence-electron chi connectivity index (χ1n) is 8.16. The Morgan fingerprint density at radius 1 is 1.27 bits per heavy atom. The Bertz CT molecular complexity index is 845. The van der Waals surface area contributed by atoms with Crippen LogP contribution < -0.4 is 10.9 Å². The number of benzene rings is 1. The topological polar surface area (TPSA) is 50.2 Å². The molecule has 0 radical (unpaired) electrons. The van der Waals surface area contributed by atoms with Gasteiger partial charge in [-0.15, -0.1) is 0 Å². The Morgan fingerprint density at radius 2 is 1.96 bits per heavy atom. The van der Waals surface area contributed by atoms with E-state index in [4.69, 9.17) is 11.6 Å². The largest absolute Gasteiger partial charge is 0.416 e. The summed E-state index contributed by atoms with van der Waals surface area (Å²) in [5.41, 5.74) is -1.11. The maximum atomic E-state index is 12.9. The highest BCUT2D eigenvalue weighted by atomic mass is 35.5. The van der Waals surface area contributed by atoms with Crippen molar-refractivity contribution in [3.8, 4) is 5.69 Å². The van der Waals surface area contributed by atoms with Gasteiger partial charge >= 0.3 is 6.18 Å². The average Bonchev–Trinajstić information content (AvgIpc) is 2.60. The zero-order valence-corrected chi connectivity index (χ0v) is 14.8. The van der Waals surface area contributed by atoms with Crippen molar-refractivity contribution in [3.05, 3.63) is 51.4 Å². The number of rotatable bonds is 3. The molecule has 2 heterocycles. The lowest BCUT2D eigenvalue weighted by Crippen LogP contribution is -2.37. The van der Waals surface area contributed by atoms with E-state index in [2.05, 4.69) is 15.3 Å². The van der Waals surface area contributed by atoms with Gasteiger partial charge in [0.2, 0.25) is 0 Å². The van der Waals surface area contributed by atoms with Crippen LogP contribution in [0, 0.1) is 0 Å². The van der Waals surface area contributed by atoms with Crippen molar-refractivity contribution in [2.45, 2.75) is 25.1 Å². The summed E-state index contributed by atoms with van der Waals surface area (Å²) in [6, 6.07) is 4.59. The minimum absolute atomic E-state index is 0.0116. The highest BCUT2D eigenvalue weighted by Crippen LogP contribution is 2.30. The van der Waals surface area contributed by atoms with Gasteiger partial charge in [0, 0.05) is 6.04 Å². The van der Waals surface area contributed by atoms with E-state index in [1.165, 1.54) is 18.3 Å². The maximum absolute atomic E-state index is 12.9. The van der Waals surface area contributed by atoms with E-state index in [-0.39, 0.29) is 16.8 Å². The minimum Gasteiger partial charge on any atom is -0.380 e. The molecule has 1 aliphatic rings. The molecule has 1 N–H and O–H groups in total.